The minimum atomic E-state index is -0.699. The van der Waals surface area contributed by atoms with Crippen molar-refractivity contribution in [1.29, 1.82) is 0 Å². The Hall–Kier alpha value is -2.41. The van der Waals surface area contributed by atoms with Gasteiger partial charge in [0, 0.05) is 25.1 Å². The van der Waals surface area contributed by atoms with Gasteiger partial charge in [0.05, 0.1) is 5.69 Å². The molecule has 0 radical (unpaired) electrons. The standard InChI is InChI=1S/C18H24N2O5/c1-3-5-15(22)13-6-7-16-14(10-13)20(18(24)12(2)25-16)11-17(23)19-8-4-9-21/h6-7,10,12,21H,3-5,8-9,11H2,1-2H3,(H,19,23). The van der Waals surface area contributed by atoms with E-state index in [1.165, 1.54) is 4.90 Å². The molecule has 0 aliphatic carbocycles. The van der Waals surface area contributed by atoms with Crippen LogP contribution in [0.2, 0.25) is 0 Å². The van der Waals surface area contributed by atoms with E-state index in [-0.39, 0.29) is 30.7 Å². The molecule has 2 N–H and O–H groups in total. The molecule has 2 rings (SSSR count). The minimum absolute atomic E-state index is 0.0104. The van der Waals surface area contributed by atoms with E-state index in [2.05, 4.69) is 5.32 Å². The van der Waals surface area contributed by atoms with Crippen LogP contribution in [0.4, 0.5) is 5.69 Å². The van der Waals surface area contributed by atoms with E-state index in [9.17, 15) is 14.4 Å². The van der Waals surface area contributed by atoms with Crippen molar-refractivity contribution >= 4 is 23.3 Å². The van der Waals surface area contributed by atoms with E-state index in [1.807, 2.05) is 6.92 Å². The summed E-state index contributed by atoms with van der Waals surface area (Å²) < 4.78 is 5.58. The fraction of sp³-hybridized carbons (Fsp3) is 0.500. The molecule has 2 amide bonds. The summed E-state index contributed by atoms with van der Waals surface area (Å²) in [7, 11) is 0. The van der Waals surface area contributed by atoms with Gasteiger partial charge in [0.15, 0.2) is 11.9 Å². The average molecular weight is 348 g/mol. The van der Waals surface area contributed by atoms with Gasteiger partial charge in [-0.05, 0) is 38.0 Å². The van der Waals surface area contributed by atoms with Crippen LogP contribution in [0, 0.1) is 0 Å². The SMILES string of the molecule is CCCC(=O)c1ccc2c(c1)N(CC(=O)NCCCO)C(=O)C(C)O2. The number of Topliss-reactive ketones (excluding diaryl/α,β-unsaturated/α-hetero) is 1. The quantitative estimate of drug-likeness (QED) is 0.545. The van der Waals surface area contributed by atoms with Gasteiger partial charge >= 0.3 is 0 Å². The molecule has 0 saturated heterocycles. The van der Waals surface area contributed by atoms with Gasteiger partial charge in [0.25, 0.3) is 5.91 Å². The molecule has 7 nitrogen and oxygen atoms in total. The second-order valence-corrected chi connectivity index (χ2v) is 5.97. The molecular weight excluding hydrogens is 324 g/mol. The van der Waals surface area contributed by atoms with Gasteiger partial charge in [-0.1, -0.05) is 6.92 Å². The van der Waals surface area contributed by atoms with Crippen LogP contribution in [0.1, 0.15) is 43.5 Å². The molecule has 0 bridgehead atoms. The van der Waals surface area contributed by atoms with Crippen molar-refractivity contribution in [3.8, 4) is 5.75 Å². The fourth-order valence-corrected chi connectivity index (χ4v) is 2.62. The number of nitrogens with one attached hydrogen (secondary N) is 1. The Labute approximate surface area is 147 Å². The zero-order valence-electron chi connectivity index (χ0n) is 14.6. The first-order valence-electron chi connectivity index (χ1n) is 8.50. The predicted molar refractivity (Wildman–Crippen MR) is 92.8 cm³/mol. The van der Waals surface area contributed by atoms with Crippen molar-refractivity contribution in [2.75, 3.05) is 24.6 Å². The molecule has 136 valence electrons. The smallest absolute Gasteiger partial charge is 0.268 e. The summed E-state index contributed by atoms with van der Waals surface area (Å²) in [5.74, 6) is -0.191. The highest BCUT2D eigenvalue weighted by Gasteiger charge is 2.33. The summed E-state index contributed by atoms with van der Waals surface area (Å²) in [4.78, 5) is 38.0. The third-order valence-corrected chi connectivity index (χ3v) is 3.93. The third kappa shape index (κ3) is 4.57. The van der Waals surface area contributed by atoms with E-state index in [0.29, 0.717) is 36.4 Å². The summed E-state index contributed by atoms with van der Waals surface area (Å²) in [5.41, 5.74) is 0.930. The van der Waals surface area contributed by atoms with Gasteiger partial charge < -0.3 is 15.2 Å². The molecule has 0 spiro atoms. The van der Waals surface area contributed by atoms with E-state index < -0.39 is 6.10 Å². The number of benzene rings is 1. The molecule has 25 heavy (non-hydrogen) atoms. The van der Waals surface area contributed by atoms with Crippen LogP contribution in [0.25, 0.3) is 0 Å². The maximum Gasteiger partial charge on any atom is 0.268 e. The predicted octanol–water partition coefficient (Wildman–Crippen LogP) is 1.28. The number of hydrogen-bond donors (Lipinski definition) is 2. The van der Waals surface area contributed by atoms with Gasteiger partial charge in [0.1, 0.15) is 12.3 Å². The highest BCUT2D eigenvalue weighted by Crippen LogP contribution is 2.35. The lowest BCUT2D eigenvalue weighted by Crippen LogP contribution is -2.49. The molecular formula is C18H24N2O5. The Kier molecular flexibility index (Phi) is 6.52. The van der Waals surface area contributed by atoms with Gasteiger partial charge in [-0.15, -0.1) is 0 Å². The van der Waals surface area contributed by atoms with Crippen LogP contribution >= 0.6 is 0 Å². The van der Waals surface area contributed by atoms with Crippen molar-refractivity contribution in [3.05, 3.63) is 23.8 Å². The first kappa shape index (κ1) is 18.9. The molecule has 7 heteroatoms. The molecule has 0 fully saturated rings. The number of nitrogens with zero attached hydrogens (tertiary/aromatic N) is 1. The number of aliphatic hydroxyl groups is 1. The van der Waals surface area contributed by atoms with Gasteiger partial charge in [0.2, 0.25) is 5.91 Å². The van der Waals surface area contributed by atoms with Crippen molar-refractivity contribution in [1.82, 2.24) is 5.32 Å². The Balaban J connectivity index is 2.24. The number of aliphatic hydroxyl groups excluding tert-OH is 1. The van der Waals surface area contributed by atoms with E-state index in [0.717, 1.165) is 6.42 Å². The Morgan fingerprint density at radius 1 is 1.36 bits per heavy atom. The summed E-state index contributed by atoms with van der Waals surface area (Å²) in [6.07, 6.45) is 0.908. The molecule has 0 saturated carbocycles. The maximum atomic E-state index is 12.5. The summed E-state index contributed by atoms with van der Waals surface area (Å²) >= 11 is 0. The van der Waals surface area contributed by atoms with Gasteiger partial charge in [-0.25, -0.2) is 0 Å². The highest BCUT2D eigenvalue weighted by molar-refractivity contribution is 6.05. The lowest BCUT2D eigenvalue weighted by atomic mass is 10.0. The van der Waals surface area contributed by atoms with Crippen molar-refractivity contribution in [2.24, 2.45) is 0 Å². The topological polar surface area (TPSA) is 95.9 Å². The number of rotatable bonds is 8. The number of ketones is 1. The summed E-state index contributed by atoms with van der Waals surface area (Å²) in [5, 5.41) is 11.4. The number of fused-ring (bicyclic) bond motifs is 1. The Morgan fingerprint density at radius 3 is 2.80 bits per heavy atom. The second-order valence-electron chi connectivity index (χ2n) is 5.97. The highest BCUT2D eigenvalue weighted by atomic mass is 16.5. The molecule has 0 aromatic heterocycles. The molecule has 1 aliphatic heterocycles. The monoisotopic (exact) mass is 348 g/mol. The second kappa shape index (κ2) is 8.62. The Bertz CT molecular complexity index is 659. The molecule has 1 unspecified atom stereocenters. The van der Waals surface area contributed by atoms with Crippen LogP contribution in [0.15, 0.2) is 18.2 Å². The lowest BCUT2D eigenvalue weighted by Gasteiger charge is -2.32. The zero-order valence-corrected chi connectivity index (χ0v) is 14.6. The van der Waals surface area contributed by atoms with Crippen LogP contribution in [-0.2, 0) is 9.59 Å². The lowest BCUT2D eigenvalue weighted by molar-refractivity contribution is -0.128. The van der Waals surface area contributed by atoms with E-state index in [1.54, 1.807) is 25.1 Å². The van der Waals surface area contributed by atoms with Crippen LogP contribution in [-0.4, -0.2) is 48.5 Å². The third-order valence-electron chi connectivity index (χ3n) is 3.93. The average Bonchev–Trinajstić information content (AvgIpc) is 2.59. The number of anilines is 1. The van der Waals surface area contributed by atoms with Crippen LogP contribution in [0.3, 0.4) is 0 Å². The molecule has 1 aliphatic rings. The number of carbonyl (C=O) groups is 3. The first-order chi connectivity index (χ1) is 12.0. The largest absolute Gasteiger partial charge is 0.479 e. The normalized spacial score (nSPS) is 16.2. The summed E-state index contributed by atoms with van der Waals surface area (Å²) in [6.45, 7) is 3.72. The van der Waals surface area contributed by atoms with Crippen molar-refractivity contribution in [3.63, 3.8) is 0 Å². The minimum Gasteiger partial charge on any atom is -0.479 e. The van der Waals surface area contributed by atoms with Gasteiger partial charge in [-0.3, -0.25) is 19.3 Å². The molecule has 1 atom stereocenters. The maximum absolute atomic E-state index is 12.5. The number of hydrogen-bond acceptors (Lipinski definition) is 5. The number of ether oxygens (including phenoxy) is 1. The van der Waals surface area contributed by atoms with Gasteiger partial charge in [-0.2, -0.15) is 0 Å². The first-order valence-corrected chi connectivity index (χ1v) is 8.50. The van der Waals surface area contributed by atoms with Crippen molar-refractivity contribution < 1.29 is 24.2 Å². The Morgan fingerprint density at radius 2 is 2.12 bits per heavy atom. The zero-order chi connectivity index (χ0) is 18.4. The van der Waals surface area contributed by atoms with Crippen LogP contribution in [0.5, 0.6) is 5.75 Å². The molecule has 1 aromatic rings. The van der Waals surface area contributed by atoms with Crippen molar-refractivity contribution in [2.45, 2.75) is 39.2 Å². The summed E-state index contributed by atoms with van der Waals surface area (Å²) in [6, 6.07) is 4.95. The van der Waals surface area contributed by atoms with Crippen LogP contribution < -0.4 is 15.0 Å². The van der Waals surface area contributed by atoms with E-state index >= 15 is 0 Å². The van der Waals surface area contributed by atoms with E-state index in [4.69, 9.17) is 9.84 Å². The number of amides is 2. The molecule has 1 heterocycles. The molecule has 1 aromatic carbocycles. The number of carbonyl (C=O) groups excluding carboxylic acids is 3. The fourth-order valence-electron chi connectivity index (χ4n) is 2.62.